The Morgan fingerprint density at radius 1 is 1.12 bits per heavy atom. The van der Waals surface area contributed by atoms with Gasteiger partial charge in [0.05, 0.1) is 6.10 Å². The molecule has 1 fully saturated rings. The van der Waals surface area contributed by atoms with Crippen molar-refractivity contribution in [3.8, 4) is 11.1 Å². The van der Waals surface area contributed by atoms with Gasteiger partial charge in [-0.1, -0.05) is 48.5 Å². The van der Waals surface area contributed by atoms with Crippen LogP contribution in [0.5, 0.6) is 0 Å². The average molecular weight is 352 g/mol. The molecule has 1 heterocycles. The second-order valence-electron chi connectivity index (χ2n) is 7.04. The van der Waals surface area contributed by atoms with Crippen molar-refractivity contribution in [2.24, 2.45) is 0 Å². The van der Waals surface area contributed by atoms with Crippen LogP contribution in [-0.4, -0.2) is 43.0 Å². The van der Waals surface area contributed by atoms with Gasteiger partial charge >= 0.3 is 6.09 Å². The van der Waals surface area contributed by atoms with Crippen LogP contribution in [0.3, 0.4) is 0 Å². The van der Waals surface area contributed by atoms with Crippen molar-refractivity contribution in [1.82, 2.24) is 10.6 Å². The summed E-state index contributed by atoms with van der Waals surface area (Å²) in [6.07, 6.45) is 0.727. The van der Waals surface area contributed by atoms with Crippen molar-refractivity contribution in [3.05, 3.63) is 59.7 Å². The highest BCUT2D eigenvalue weighted by molar-refractivity contribution is 5.79. The van der Waals surface area contributed by atoms with Gasteiger partial charge in [-0.05, 0) is 41.6 Å². The monoisotopic (exact) mass is 352 g/mol. The Bertz CT molecular complexity index is 747. The fourth-order valence-corrected chi connectivity index (χ4v) is 4.00. The zero-order valence-corrected chi connectivity index (χ0v) is 14.7. The van der Waals surface area contributed by atoms with Crippen LogP contribution < -0.4 is 10.6 Å². The second kappa shape index (κ2) is 7.48. The number of carbonyl (C=O) groups excluding carboxylic acids is 1. The van der Waals surface area contributed by atoms with E-state index in [-0.39, 0.29) is 18.1 Å². The molecular formula is C21H24N2O3. The standard InChI is InChI=1S/C21H24N2O3/c24-15-9-10-22-14(11-15)12-23-21(25)26-13-20-18-7-3-1-5-16(18)17-6-2-4-8-19(17)20/h1-8,14-15,20,22,24H,9-13H2,(H,23,25). The van der Waals surface area contributed by atoms with Crippen LogP contribution in [0.1, 0.15) is 29.9 Å². The van der Waals surface area contributed by atoms with Gasteiger partial charge in [0.2, 0.25) is 0 Å². The summed E-state index contributed by atoms with van der Waals surface area (Å²) >= 11 is 0. The Morgan fingerprint density at radius 3 is 2.42 bits per heavy atom. The first-order valence-corrected chi connectivity index (χ1v) is 9.22. The zero-order chi connectivity index (χ0) is 17.9. The molecule has 0 radical (unpaired) electrons. The number of benzene rings is 2. The minimum atomic E-state index is -0.409. The minimum Gasteiger partial charge on any atom is -0.449 e. The van der Waals surface area contributed by atoms with E-state index in [0.717, 1.165) is 13.0 Å². The van der Waals surface area contributed by atoms with Gasteiger partial charge in [-0.25, -0.2) is 4.79 Å². The highest BCUT2D eigenvalue weighted by atomic mass is 16.5. The summed E-state index contributed by atoms with van der Waals surface area (Å²) in [6, 6.07) is 16.7. The smallest absolute Gasteiger partial charge is 0.407 e. The minimum absolute atomic E-state index is 0.0720. The number of carbonyl (C=O) groups is 1. The summed E-state index contributed by atoms with van der Waals surface area (Å²) in [7, 11) is 0. The summed E-state index contributed by atoms with van der Waals surface area (Å²) in [5, 5.41) is 15.8. The molecule has 5 nitrogen and oxygen atoms in total. The number of fused-ring (bicyclic) bond motifs is 3. The molecule has 4 rings (SSSR count). The topological polar surface area (TPSA) is 70.6 Å². The van der Waals surface area contributed by atoms with Crippen LogP contribution >= 0.6 is 0 Å². The molecule has 2 aliphatic rings. The third-order valence-electron chi connectivity index (χ3n) is 5.30. The number of aliphatic hydroxyl groups excluding tert-OH is 1. The predicted octanol–water partition coefficient (Wildman–Crippen LogP) is 2.64. The molecule has 5 heteroatoms. The van der Waals surface area contributed by atoms with Crippen LogP contribution in [0.4, 0.5) is 4.79 Å². The summed E-state index contributed by atoms with van der Waals surface area (Å²) in [4.78, 5) is 12.1. The number of alkyl carbamates (subject to hydrolysis) is 1. The van der Waals surface area contributed by atoms with Crippen molar-refractivity contribution in [2.45, 2.75) is 30.9 Å². The molecule has 2 atom stereocenters. The molecule has 2 aromatic rings. The summed E-state index contributed by atoms with van der Waals surface area (Å²) in [5.41, 5.74) is 4.85. The largest absolute Gasteiger partial charge is 0.449 e. The molecule has 1 aliphatic heterocycles. The van der Waals surface area contributed by atoms with Gasteiger partial charge in [0.15, 0.2) is 0 Å². The van der Waals surface area contributed by atoms with Gasteiger partial charge in [-0.3, -0.25) is 0 Å². The highest BCUT2D eigenvalue weighted by Gasteiger charge is 2.29. The zero-order valence-electron chi connectivity index (χ0n) is 14.7. The first-order chi connectivity index (χ1) is 12.7. The second-order valence-corrected chi connectivity index (χ2v) is 7.04. The molecular weight excluding hydrogens is 328 g/mol. The van der Waals surface area contributed by atoms with Crippen molar-refractivity contribution in [1.29, 1.82) is 0 Å². The summed E-state index contributed by atoms with van der Waals surface area (Å²) < 4.78 is 5.52. The Labute approximate surface area is 153 Å². The summed E-state index contributed by atoms with van der Waals surface area (Å²) in [6.45, 7) is 1.56. The molecule has 0 bridgehead atoms. The third-order valence-corrected chi connectivity index (χ3v) is 5.30. The van der Waals surface area contributed by atoms with Gasteiger partial charge in [-0.15, -0.1) is 0 Å². The number of hydrogen-bond acceptors (Lipinski definition) is 4. The molecule has 2 unspecified atom stereocenters. The molecule has 1 aliphatic carbocycles. The van der Waals surface area contributed by atoms with Crippen LogP contribution in [0, 0.1) is 0 Å². The molecule has 2 aromatic carbocycles. The van der Waals surface area contributed by atoms with E-state index >= 15 is 0 Å². The summed E-state index contributed by atoms with van der Waals surface area (Å²) in [5.74, 6) is 0.0720. The van der Waals surface area contributed by atoms with Crippen molar-refractivity contribution in [2.75, 3.05) is 19.7 Å². The quantitative estimate of drug-likeness (QED) is 0.791. The fraction of sp³-hybridized carbons (Fsp3) is 0.381. The maximum Gasteiger partial charge on any atom is 0.407 e. The van der Waals surface area contributed by atoms with Crippen LogP contribution in [0.25, 0.3) is 11.1 Å². The lowest BCUT2D eigenvalue weighted by Gasteiger charge is -2.27. The molecule has 3 N–H and O–H groups in total. The maximum atomic E-state index is 12.1. The van der Waals surface area contributed by atoms with E-state index < -0.39 is 6.09 Å². The van der Waals surface area contributed by atoms with Gasteiger partial charge in [-0.2, -0.15) is 0 Å². The van der Waals surface area contributed by atoms with Gasteiger partial charge in [0.1, 0.15) is 6.61 Å². The third kappa shape index (κ3) is 3.45. The van der Waals surface area contributed by atoms with Crippen molar-refractivity contribution < 1.29 is 14.6 Å². The number of aliphatic hydroxyl groups is 1. The lowest BCUT2D eigenvalue weighted by molar-refractivity contribution is 0.111. The number of rotatable bonds is 4. The normalized spacial score (nSPS) is 21.7. The number of piperidine rings is 1. The van der Waals surface area contributed by atoms with E-state index in [4.69, 9.17) is 4.74 Å². The molecule has 0 spiro atoms. The molecule has 1 saturated heterocycles. The Hall–Kier alpha value is -2.37. The Morgan fingerprint density at radius 2 is 1.77 bits per heavy atom. The predicted molar refractivity (Wildman–Crippen MR) is 100 cm³/mol. The molecule has 1 amide bonds. The fourth-order valence-electron chi connectivity index (χ4n) is 4.00. The first-order valence-electron chi connectivity index (χ1n) is 9.22. The molecule has 26 heavy (non-hydrogen) atoms. The van der Waals surface area contributed by atoms with Gasteiger partial charge < -0.3 is 20.5 Å². The molecule has 0 aromatic heterocycles. The van der Waals surface area contributed by atoms with Crippen molar-refractivity contribution >= 4 is 6.09 Å². The maximum absolute atomic E-state index is 12.1. The van der Waals surface area contributed by atoms with E-state index in [0.29, 0.717) is 19.6 Å². The first kappa shape index (κ1) is 17.1. The Kier molecular flexibility index (Phi) is 4.91. The van der Waals surface area contributed by atoms with E-state index in [1.807, 2.05) is 24.3 Å². The van der Waals surface area contributed by atoms with E-state index in [2.05, 4.69) is 34.9 Å². The lowest BCUT2D eigenvalue weighted by atomic mass is 9.98. The van der Waals surface area contributed by atoms with E-state index in [1.165, 1.54) is 22.3 Å². The van der Waals surface area contributed by atoms with E-state index in [1.54, 1.807) is 0 Å². The molecule has 136 valence electrons. The van der Waals surface area contributed by atoms with Crippen molar-refractivity contribution in [3.63, 3.8) is 0 Å². The van der Waals surface area contributed by atoms with Crippen LogP contribution in [-0.2, 0) is 4.74 Å². The van der Waals surface area contributed by atoms with Gasteiger partial charge in [0, 0.05) is 18.5 Å². The lowest BCUT2D eigenvalue weighted by Crippen LogP contribution is -2.47. The number of hydrogen-bond donors (Lipinski definition) is 3. The SMILES string of the molecule is O=C(NCC1CC(O)CCN1)OCC1c2ccccc2-c2ccccc21. The highest BCUT2D eigenvalue weighted by Crippen LogP contribution is 2.44. The molecule has 0 saturated carbocycles. The van der Waals surface area contributed by atoms with Crippen LogP contribution in [0.15, 0.2) is 48.5 Å². The number of amides is 1. The van der Waals surface area contributed by atoms with Crippen LogP contribution in [0.2, 0.25) is 0 Å². The average Bonchev–Trinajstić information content (AvgIpc) is 2.99. The van der Waals surface area contributed by atoms with E-state index in [9.17, 15) is 9.90 Å². The number of ether oxygens (including phenoxy) is 1. The Balaban J connectivity index is 1.36. The number of nitrogens with one attached hydrogen (secondary N) is 2. The van der Waals surface area contributed by atoms with Gasteiger partial charge in [0.25, 0.3) is 0 Å².